The fourth-order valence-electron chi connectivity index (χ4n) is 8.45. The van der Waals surface area contributed by atoms with Crippen molar-refractivity contribution in [3.8, 4) is 0 Å². The zero-order chi connectivity index (χ0) is 25.5. The Labute approximate surface area is 222 Å². The van der Waals surface area contributed by atoms with Gasteiger partial charge in [-0.25, -0.2) is 0 Å². The van der Waals surface area contributed by atoms with Crippen LogP contribution < -0.4 is 5.32 Å². The second-order valence-electron chi connectivity index (χ2n) is 12.9. The van der Waals surface area contributed by atoms with Gasteiger partial charge in [0.05, 0.1) is 12.2 Å². The summed E-state index contributed by atoms with van der Waals surface area (Å²) < 4.78 is 0. The van der Waals surface area contributed by atoms with Crippen molar-refractivity contribution in [3.05, 3.63) is 0 Å². The molecule has 0 aromatic carbocycles. The van der Waals surface area contributed by atoms with Crippen molar-refractivity contribution in [3.63, 3.8) is 0 Å². The Hall–Kier alpha value is -1.10. The highest BCUT2D eigenvalue weighted by Crippen LogP contribution is 2.38. The van der Waals surface area contributed by atoms with Gasteiger partial charge in [0.15, 0.2) is 5.78 Å². The maximum absolute atomic E-state index is 12.9. The number of nitrogens with zero attached hydrogens (tertiary/aromatic N) is 5. The molecular formula is C28H48N6O3. The summed E-state index contributed by atoms with van der Waals surface area (Å²) in [4.78, 5) is 37.6. The molecule has 1 amide bonds. The molecule has 6 heterocycles. The first-order valence-corrected chi connectivity index (χ1v) is 15.1. The fraction of sp³-hybridized carbons (Fsp3) is 0.929. The number of ketones is 1. The lowest BCUT2D eigenvalue weighted by molar-refractivity contribution is -0.146. The van der Waals surface area contributed by atoms with E-state index < -0.39 is 6.10 Å². The number of likely N-dealkylation sites (N-methyl/N-ethyl adjacent to an activating group) is 1. The predicted octanol–water partition coefficient (Wildman–Crippen LogP) is 0.0391. The lowest BCUT2D eigenvalue weighted by Gasteiger charge is -2.53. The molecular weight excluding hydrogens is 468 g/mol. The van der Waals surface area contributed by atoms with Crippen LogP contribution in [0.25, 0.3) is 0 Å². The monoisotopic (exact) mass is 516 g/mol. The van der Waals surface area contributed by atoms with Crippen LogP contribution in [0.15, 0.2) is 0 Å². The van der Waals surface area contributed by atoms with Gasteiger partial charge in [-0.1, -0.05) is 0 Å². The molecule has 6 fully saturated rings. The number of aliphatic hydroxyl groups is 1. The standard InChI is InChI=1S/C28H48N6O3/c1-30-22(18-32-15-20-13-21(17-32)23-5-4-7-27(36)34(23)16-20)14-25(35)28(37)24(30)19-31-9-11-33(12-10-31)26-6-2-3-8-29-26/h20-24,26,28-29,37H,2-19H2,1H3/t20-,21-,22?,23?,24?,26?,28?/m0/s1. The number of aliphatic hydroxyl groups excluding tert-OH is 1. The highest BCUT2D eigenvalue weighted by atomic mass is 16.3. The van der Waals surface area contributed by atoms with Crippen molar-refractivity contribution in [2.45, 2.75) is 81.8 Å². The number of amides is 1. The van der Waals surface area contributed by atoms with Crippen molar-refractivity contribution in [2.75, 3.05) is 72.5 Å². The van der Waals surface area contributed by atoms with Crippen LogP contribution in [0.4, 0.5) is 0 Å². The molecule has 0 radical (unpaired) electrons. The quantitative estimate of drug-likeness (QED) is 0.530. The number of nitrogens with one attached hydrogen (secondary N) is 1. The van der Waals surface area contributed by atoms with Gasteiger partial charge in [0.25, 0.3) is 0 Å². The normalized spacial score (nSPS) is 41.1. The third-order valence-corrected chi connectivity index (χ3v) is 10.5. The van der Waals surface area contributed by atoms with Crippen LogP contribution in [0, 0.1) is 11.8 Å². The van der Waals surface area contributed by atoms with E-state index in [1.807, 2.05) is 0 Å². The summed E-state index contributed by atoms with van der Waals surface area (Å²) in [5, 5.41) is 14.6. The minimum absolute atomic E-state index is 0.0133. The van der Waals surface area contributed by atoms with Gasteiger partial charge in [0.1, 0.15) is 6.10 Å². The molecule has 6 rings (SSSR count). The van der Waals surface area contributed by atoms with Crippen molar-refractivity contribution in [2.24, 2.45) is 11.8 Å². The summed E-state index contributed by atoms with van der Waals surface area (Å²) in [5.41, 5.74) is 0. The van der Waals surface area contributed by atoms with Crippen molar-refractivity contribution < 1.29 is 14.7 Å². The maximum Gasteiger partial charge on any atom is 0.222 e. The van der Waals surface area contributed by atoms with Crippen molar-refractivity contribution in [1.82, 2.24) is 29.8 Å². The van der Waals surface area contributed by atoms with Crippen LogP contribution in [0.2, 0.25) is 0 Å². The minimum atomic E-state index is -0.887. The molecule has 0 saturated carbocycles. The number of hydrogen-bond acceptors (Lipinski definition) is 8. The number of piperidine rings is 5. The second-order valence-corrected chi connectivity index (χ2v) is 12.9. The van der Waals surface area contributed by atoms with E-state index in [1.165, 1.54) is 25.7 Å². The molecule has 5 unspecified atom stereocenters. The summed E-state index contributed by atoms with van der Waals surface area (Å²) in [7, 11) is 2.12. The topological polar surface area (TPSA) is 82.6 Å². The predicted molar refractivity (Wildman–Crippen MR) is 142 cm³/mol. The van der Waals surface area contributed by atoms with E-state index >= 15 is 0 Å². The largest absolute Gasteiger partial charge is 0.384 e. The van der Waals surface area contributed by atoms with Crippen LogP contribution in [0.1, 0.15) is 51.4 Å². The molecule has 37 heavy (non-hydrogen) atoms. The summed E-state index contributed by atoms with van der Waals surface area (Å²) in [6.45, 7) is 9.86. The SMILES string of the molecule is CN1C(CN2C[C@@H]3C[C@@H](C2)C2CCCC(=O)N2C3)CC(=O)C(O)C1CN1CCN(C2CCCCN2)CC1. The van der Waals surface area contributed by atoms with Gasteiger partial charge in [-0.2, -0.15) is 0 Å². The zero-order valence-electron chi connectivity index (χ0n) is 22.8. The van der Waals surface area contributed by atoms with Crippen LogP contribution in [0.5, 0.6) is 0 Å². The number of hydrogen-bond donors (Lipinski definition) is 2. The van der Waals surface area contributed by atoms with E-state index in [0.29, 0.717) is 36.4 Å². The molecule has 0 aromatic rings. The molecule has 0 aromatic heterocycles. The lowest BCUT2D eigenvalue weighted by atomic mass is 9.75. The zero-order valence-corrected chi connectivity index (χ0v) is 22.8. The minimum Gasteiger partial charge on any atom is -0.384 e. The average molecular weight is 517 g/mol. The number of likely N-dealkylation sites (tertiary alicyclic amines) is 2. The van der Waals surface area contributed by atoms with Crippen molar-refractivity contribution in [1.29, 1.82) is 0 Å². The van der Waals surface area contributed by atoms with Gasteiger partial charge in [-0.15, -0.1) is 0 Å². The van der Waals surface area contributed by atoms with Gasteiger partial charge in [0, 0.05) is 83.8 Å². The van der Waals surface area contributed by atoms with Crippen LogP contribution in [0.3, 0.4) is 0 Å². The first-order chi connectivity index (χ1) is 18.0. The van der Waals surface area contributed by atoms with E-state index in [1.54, 1.807) is 0 Å². The lowest BCUT2D eigenvalue weighted by Crippen LogP contribution is -2.65. The first kappa shape index (κ1) is 26.1. The summed E-state index contributed by atoms with van der Waals surface area (Å²) >= 11 is 0. The van der Waals surface area contributed by atoms with Gasteiger partial charge in [-0.3, -0.25) is 24.3 Å². The molecule has 6 saturated heterocycles. The molecule has 7 atom stereocenters. The molecule has 6 aliphatic rings. The summed E-state index contributed by atoms with van der Waals surface area (Å²) in [6, 6.07) is 0.431. The Kier molecular flexibility index (Phi) is 7.90. The molecule has 6 aliphatic heterocycles. The number of carbonyl (C=O) groups is 2. The van der Waals surface area contributed by atoms with Gasteiger partial charge in [-0.05, 0) is 64.0 Å². The number of fused-ring (bicyclic) bond motifs is 4. The van der Waals surface area contributed by atoms with E-state index in [2.05, 4.69) is 36.9 Å². The van der Waals surface area contributed by atoms with E-state index in [9.17, 15) is 14.7 Å². The molecule has 9 nitrogen and oxygen atoms in total. The third-order valence-electron chi connectivity index (χ3n) is 10.5. The number of piperazine rings is 1. The Morgan fingerprint density at radius 1 is 0.946 bits per heavy atom. The highest BCUT2D eigenvalue weighted by Gasteiger charge is 2.46. The van der Waals surface area contributed by atoms with E-state index in [0.717, 1.165) is 84.7 Å². The Balaban J connectivity index is 1.04. The molecule has 0 aliphatic carbocycles. The van der Waals surface area contributed by atoms with E-state index in [4.69, 9.17) is 0 Å². The second kappa shape index (κ2) is 11.2. The third kappa shape index (κ3) is 5.50. The molecule has 9 heteroatoms. The number of Topliss-reactive ketones (excluding diaryl/α,β-unsaturated/α-hetero) is 1. The van der Waals surface area contributed by atoms with Gasteiger partial charge >= 0.3 is 0 Å². The van der Waals surface area contributed by atoms with Crippen LogP contribution in [-0.4, -0.2) is 144 Å². The summed E-state index contributed by atoms with van der Waals surface area (Å²) in [6.07, 6.45) is 8.07. The van der Waals surface area contributed by atoms with Crippen LogP contribution in [-0.2, 0) is 9.59 Å². The Bertz CT molecular complexity index is 829. The van der Waals surface area contributed by atoms with Crippen molar-refractivity contribution >= 4 is 11.7 Å². The van der Waals surface area contributed by atoms with Gasteiger partial charge < -0.3 is 20.2 Å². The highest BCUT2D eigenvalue weighted by molar-refractivity contribution is 5.85. The number of rotatable bonds is 5. The van der Waals surface area contributed by atoms with Crippen LogP contribution >= 0.6 is 0 Å². The smallest absolute Gasteiger partial charge is 0.222 e. The molecule has 2 bridgehead atoms. The first-order valence-electron chi connectivity index (χ1n) is 15.1. The maximum atomic E-state index is 12.9. The molecule has 0 spiro atoms. The Morgan fingerprint density at radius 3 is 2.57 bits per heavy atom. The average Bonchev–Trinajstić information content (AvgIpc) is 2.91. The molecule has 2 N–H and O–H groups in total. The van der Waals surface area contributed by atoms with E-state index in [-0.39, 0.29) is 17.9 Å². The van der Waals surface area contributed by atoms with Gasteiger partial charge in [0.2, 0.25) is 5.91 Å². The molecule has 208 valence electrons. The fourth-order valence-corrected chi connectivity index (χ4v) is 8.45. The number of carbonyl (C=O) groups excluding carboxylic acids is 2. The Morgan fingerprint density at radius 2 is 1.78 bits per heavy atom. The summed E-state index contributed by atoms with van der Waals surface area (Å²) in [5.74, 6) is 1.50.